The fourth-order valence-electron chi connectivity index (χ4n) is 1.75. The summed E-state index contributed by atoms with van der Waals surface area (Å²) in [6.45, 7) is 0.302. The first kappa shape index (κ1) is 16.1. The van der Waals surface area contributed by atoms with Gasteiger partial charge in [0.2, 0.25) is 5.91 Å². The molecule has 0 aliphatic carbocycles. The van der Waals surface area contributed by atoms with Gasteiger partial charge in [-0.3, -0.25) is 14.9 Å². The zero-order valence-corrected chi connectivity index (χ0v) is 11.5. The molecule has 0 saturated heterocycles. The molecule has 0 aromatic heterocycles. The van der Waals surface area contributed by atoms with Crippen molar-refractivity contribution in [3.05, 3.63) is 39.9 Å². The number of carbonyl (C=O) groups excluding carboxylic acids is 1. The molecule has 1 aromatic carbocycles. The summed E-state index contributed by atoms with van der Waals surface area (Å²) in [5.74, 6) is -0.222. The molecule has 0 aliphatic heterocycles. The highest BCUT2D eigenvalue weighted by molar-refractivity contribution is 5.78. The highest BCUT2D eigenvalue weighted by Crippen LogP contribution is 2.14. The Morgan fingerprint density at radius 1 is 1.55 bits per heavy atom. The van der Waals surface area contributed by atoms with E-state index in [0.29, 0.717) is 5.56 Å². The normalized spacial score (nSPS) is 11.9. The second-order valence-electron chi connectivity index (χ2n) is 4.49. The number of nitro groups is 1. The van der Waals surface area contributed by atoms with Gasteiger partial charge in [-0.15, -0.1) is 0 Å². The standard InChI is InChI=1S/C13H18N2O5/c1-14(8-12(16)9-20-2)13(17)7-10-4-3-5-11(6-10)15(18)19/h3-6,12,16H,7-9H2,1-2H3. The number of methoxy groups -OCH3 is 1. The Morgan fingerprint density at radius 2 is 2.25 bits per heavy atom. The Bertz CT molecular complexity index is 478. The number of carbonyl (C=O) groups is 1. The molecule has 20 heavy (non-hydrogen) atoms. The largest absolute Gasteiger partial charge is 0.389 e. The number of aliphatic hydroxyl groups excluding tert-OH is 1. The van der Waals surface area contributed by atoms with E-state index in [1.54, 1.807) is 19.2 Å². The van der Waals surface area contributed by atoms with Crippen molar-refractivity contribution in [2.24, 2.45) is 0 Å². The second-order valence-corrected chi connectivity index (χ2v) is 4.49. The van der Waals surface area contributed by atoms with E-state index in [2.05, 4.69) is 0 Å². The summed E-state index contributed by atoms with van der Waals surface area (Å²) in [5, 5.41) is 20.2. The van der Waals surface area contributed by atoms with Crippen molar-refractivity contribution in [2.75, 3.05) is 27.3 Å². The topological polar surface area (TPSA) is 92.9 Å². The smallest absolute Gasteiger partial charge is 0.269 e. The van der Waals surface area contributed by atoms with Crippen LogP contribution in [0.5, 0.6) is 0 Å². The lowest BCUT2D eigenvalue weighted by Crippen LogP contribution is -2.37. The van der Waals surface area contributed by atoms with Crippen LogP contribution >= 0.6 is 0 Å². The first-order valence-electron chi connectivity index (χ1n) is 6.08. The molecule has 0 spiro atoms. The molecule has 1 rings (SSSR count). The Morgan fingerprint density at radius 3 is 2.85 bits per heavy atom. The van der Waals surface area contributed by atoms with E-state index in [4.69, 9.17) is 4.74 Å². The first-order valence-corrected chi connectivity index (χ1v) is 6.08. The number of likely N-dealkylation sites (N-methyl/N-ethyl adjacent to an activating group) is 1. The quantitative estimate of drug-likeness (QED) is 0.584. The predicted molar refractivity (Wildman–Crippen MR) is 72.3 cm³/mol. The minimum Gasteiger partial charge on any atom is -0.389 e. The Balaban J connectivity index is 2.61. The van der Waals surface area contributed by atoms with E-state index >= 15 is 0 Å². The maximum absolute atomic E-state index is 11.9. The predicted octanol–water partition coefficient (Wildman–Crippen LogP) is 0.603. The van der Waals surface area contributed by atoms with Crippen LogP contribution in [0, 0.1) is 10.1 Å². The molecule has 0 radical (unpaired) electrons. The average Bonchev–Trinajstić information content (AvgIpc) is 2.39. The van der Waals surface area contributed by atoms with Crippen molar-refractivity contribution in [2.45, 2.75) is 12.5 Å². The van der Waals surface area contributed by atoms with E-state index in [9.17, 15) is 20.0 Å². The third-order valence-corrected chi connectivity index (χ3v) is 2.75. The van der Waals surface area contributed by atoms with Crippen LogP contribution in [0.4, 0.5) is 5.69 Å². The van der Waals surface area contributed by atoms with Crippen molar-refractivity contribution < 1.29 is 19.6 Å². The zero-order chi connectivity index (χ0) is 15.1. The van der Waals surface area contributed by atoms with Gasteiger partial charge in [0.25, 0.3) is 5.69 Å². The molecule has 1 N–H and O–H groups in total. The lowest BCUT2D eigenvalue weighted by Gasteiger charge is -2.20. The summed E-state index contributed by atoms with van der Waals surface area (Å²) in [6, 6.07) is 5.95. The molecule has 7 nitrogen and oxygen atoms in total. The molecule has 0 saturated carbocycles. The maximum atomic E-state index is 11.9. The summed E-state index contributed by atoms with van der Waals surface area (Å²) in [5.41, 5.74) is 0.523. The number of nitrogens with zero attached hydrogens (tertiary/aromatic N) is 2. The lowest BCUT2D eigenvalue weighted by atomic mass is 10.1. The van der Waals surface area contributed by atoms with Gasteiger partial charge in [-0.05, 0) is 5.56 Å². The van der Waals surface area contributed by atoms with Gasteiger partial charge < -0.3 is 14.7 Å². The average molecular weight is 282 g/mol. The van der Waals surface area contributed by atoms with Crippen LogP contribution in [-0.4, -0.2) is 54.3 Å². The molecule has 0 bridgehead atoms. The molecule has 0 heterocycles. The third kappa shape index (κ3) is 4.94. The number of nitro benzene ring substituents is 1. The number of benzene rings is 1. The monoisotopic (exact) mass is 282 g/mol. The summed E-state index contributed by atoms with van der Waals surface area (Å²) >= 11 is 0. The van der Waals surface area contributed by atoms with E-state index in [0.717, 1.165) is 0 Å². The molecule has 0 aliphatic rings. The molecule has 0 fully saturated rings. The van der Waals surface area contributed by atoms with E-state index in [1.165, 1.54) is 24.1 Å². The Kier molecular flexibility index (Phi) is 6.08. The van der Waals surface area contributed by atoms with Crippen molar-refractivity contribution in [3.63, 3.8) is 0 Å². The van der Waals surface area contributed by atoms with Gasteiger partial charge in [-0.2, -0.15) is 0 Å². The molecule has 1 aromatic rings. The highest BCUT2D eigenvalue weighted by atomic mass is 16.6. The molecular formula is C13H18N2O5. The van der Waals surface area contributed by atoms with Gasteiger partial charge >= 0.3 is 0 Å². The minimum absolute atomic E-state index is 0.0441. The number of hydrogen-bond donors (Lipinski definition) is 1. The molecule has 7 heteroatoms. The maximum Gasteiger partial charge on any atom is 0.269 e. The number of non-ortho nitro benzene ring substituents is 1. The number of amides is 1. The first-order chi connectivity index (χ1) is 9.43. The Labute approximate surface area is 116 Å². The second kappa shape index (κ2) is 7.56. The van der Waals surface area contributed by atoms with Crippen molar-refractivity contribution in [1.82, 2.24) is 4.90 Å². The Hall–Kier alpha value is -1.99. The van der Waals surface area contributed by atoms with E-state index < -0.39 is 11.0 Å². The zero-order valence-electron chi connectivity index (χ0n) is 11.5. The molecule has 1 amide bonds. The van der Waals surface area contributed by atoms with Crippen LogP contribution in [0.3, 0.4) is 0 Å². The molecule has 110 valence electrons. The van der Waals surface area contributed by atoms with Crippen molar-refractivity contribution in [3.8, 4) is 0 Å². The van der Waals surface area contributed by atoms with Crippen molar-refractivity contribution in [1.29, 1.82) is 0 Å². The number of hydrogen-bond acceptors (Lipinski definition) is 5. The van der Waals surface area contributed by atoms with Crippen LogP contribution in [0.25, 0.3) is 0 Å². The fraction of sp³-hybridized carbons (Fsp3) is 0.462. The number of aliphatic hydroxyl groups is 1. The summed E-state index contributed by atoms with van der Waals surface area (Å²) in [6.07, 6.45) is -0.697. The van der Waals surface area contributed by atoms with Crippen LogP contribution in [-0.2, 0) is 16.0 Å². The van der Waals surface area contributed by atoms with E-state index in [1.807, 2.05) is 0 Å². The van der Waals surface area contributed by atoms with Gasteiger partial charge in [-0.1, -0.05) is 12.1 Å². The summed E-state index contributed by atoms with van der Waals surface area (Å²) < 4.78 is 4.78. The highest BCUT2D eigenvalue weighted by Gasteiger charge is 2.15. The van der Waals surface area contributed by atoms with Crippen LogP contribution < -0.4 is 0 Å². The number of rotatable bonds is 7. The SMILES string of the molecule is COCC(O)CN(C)C(=O)Cc1cccc([N+](=O)[O-])c1. The van der Waals surface area contributed by atoms with Crippen molar-refractivity contribution >= 4 is 11.6 Å². The summed E-state index contributed by atoms with van der Waals surface area (Å²) in [4.78, 5) is 23.5. The van der Waals surface area contributed by atoms with Gasteiger partial charge in [0.1, 0.15) is 0 Å². The van der Waals surface area contributed by atoms with Crippen LogP contribution in [0.2, 0.25) is 0 Å². The summed E-state index contributed by atoms with van der Waals surface area (Å²) in [7, 11) is 3.03. The molecule has 1 atom stereocenters. The molecule has 1 unspecified atom stereocenters. The van der Waals surface area contributed by atoms with Gasteiger partial charge in [0.15, 0.2) is 0 Å². The minimum atomic E-state index is -0.751. The van der Waals surface area contributed by atoms with Gasteiger partial charge in [-0.25, -0.2) is 0 Å². The fourth-order valence-corrected chi connectivity index (χ4v) is 1.75. The third-order valence-electron chi connectivity index (χ3n) is 2.75. The molecular weight excluding hydrogens is 264 g/mol. The van der Waals surface area contributed by atoms with Gasteiger partial charge in [0.05, 0.1) is 24.1 Å². The van der Waals surface area contributed by atoms with Gasteiger partial charge in [0, 0.05) is 32.8 Å². The van der Waals surface area contributed by atoms with Crippen LogP contribution in [0.15, 0.2) is 24.3 Å². The lowest BCUT2D eigenvalue weighted by molar-refractivity contribution is -0.384. The van der Waals surface area contributed by atoms with E-state index in [-0.39, 0.29) is 31.2 Å². The number of ether oxygens (including phenoxy) is 1. The van der Waals surface area contributed by atoms with Crippen LogP contribution in [0.1, 0.15) is 5.56 Å².